The molecule has 230 valence electrons. The minimum absolute atomic E-state index is 0.120. The van der Waals surface area contributed by atoms with Gasteiger partial charge in [-0.2, -0.15) is 5.10 Å². The molecule has 0 aliphatic carbocycles. The van der Waals surface area contributed by atoms with E-state index in [9.17, 15) is 9.59 Å². The van der Waals surface area contributed by atoms with Crippen LogP contribution in [-0.4, -0.2) is 55.4 Å². The SMILES string of the molecule is Cc1cccc(OCCCC(=O)N2CCCc3c(-c4cnn(Cc5cccc(C(=O)NCc6nnn[nH]6)c5)c4)cccc32)c1C. The molecule has 0 unspecified atom stereocenters. The highest BCUT2D eigenvalue weighted by Gasteiger charge is 2.25. The molecule has 11 nitrogen and oxygen atoms in total. The normalized spacial score (nSPS) is 12.5. The Morgan fingerprint density at radius 3 is 2.80 bits per heavy atom. The molecule has 0 bridgehead atoms. The van der Waals surface area contributed by atoms with Crippen LogP contribution < -0.4 is 15.0 Å². The molecule has 1 aliphatic rings. The van der Waals surface area contributed by atoms with Crippen LogP contribution in [0, 0.1) is 13.8 Å². The lowest BCUT2D eigenvalue weighted by Gasteiger charge is -2.31. The fourth-order valence-corrected chi connectivity index (χ4v) is 5.68. The summed E-state index contributed by atoms with van der Waals surface area (Å²) >= 11 is 0. The van der Waals surface area contributed by atoms with Crippen LogP contribution in [0.2, 0.25) is 0 Å². The van der Waals surface area contributed by atoms with Crippen molar-refractivity contribution in [2.45, 2.75) is 52.6 Å². The summed E-state index contributed by atoms with van der Waals surface area (Å²) in [5, 5.41) is 20.9. The van der Waals surface area contributed by atoms with Gasteiger partial charge in [-0.15, -0.1) is 5.10 Å². The second-order valence-corrected chi connectivity index (χ2v) is 11.3. The van der Waals surface area contributed by atoms with Gasteiger partial charge in [0.25, 0.3) is 5.91 Å². The zero-order chi connectivity index (χ0) is 31.2. The topological polar surface area (TPSA) is 131 Å². The van der Waals surface area contributed by atoms with Gasteiger partial charge in [-0.25, -0.2) is 5.10 Å². The minimum Gasteiger partial charge on any atom is -0.493 e. The maximum Gasteiger partial charge on any atom is 0.251 e. The summed E-state index contributed by atoms with van der Waals surface area (Å²) in [5.41, 5.74) is 8.07. The van der Waals surface area contributed by atoms with Crippen molar-refractivity contribution in [2.75, 3.05) is 18.1 Å². The number of amides is 2. The van der Waals surface area contributed by atoms with Crippen molar-refractivity contribution in [1.29, 1.82) is 0 Å². The van der Waals surface area contributed by atoms with Crippen molar-refractivity contribution in [3.63, 3.8) is 0 Å². The van der Waals surface area contributed by atoms with Crippen LogP contribution in [0.5, 0.6) is 5.75 Å². The standard InChI is InChI=1S/C34H36N8O3/c1-23-8-3-14-31(24(23)2)45-17-7-15-33(43)42-16-6-12-29-28(11-5-13-30(29)42)27-19-36-41(22-27)21-25-9-4-10-26(18-25)34(44)35-20-32-37-39-40-38-32/h3-5,8-11,13-14,18-19,22H,6-7,12,15-17,20-21H2,1-2H3,(H,35,44)(H,37,38,39,40). The lowest BCUT2D eigenvalue weighted by molar-refractivity contribution is -0.118. The number of aryl methyl sites for hydroxylation is 1. The first-order valence-corrected chi connectivity index (χ1v) is 15.2. The number of ether oxygens (including phenoxy) is 1. The molecule has 2 N–H and O–H groups in total. The monoisotopic (exact) mass is 604 g/mol. The predicted molar refractivity (Wildman–Crippen MR) is 170 cm³/mol. The van der Waals surface area contributed by atoms with E-state index in [4.69, 9.17) is 4.74 Å². The van der Waals surface area contributed by atoms with Gasteiger partial charge >= 0.3 is 0 Å². The average Bonchev–Trinajstić information content (AvgIpc) is 3.76. The van der Waals surface area contributed by atoms with Gasteiger partial charge in [-0.1, -0.05) is 36.4 Å². The summed E-state index contributed by atoms with van der Waals surface area (Å²) in [7, 11) is 0. The molecule has 11 heteroatoms. The van der Waals surface area contributed by atoms with E-state index in [-0.39, 0.29) is 18.4 Å². The van der Waals surface area contributed by atoms with Gasteiger partial charge in [0, 0.05) is 36.0 Å². The zero-order valence-electron chi connectivity index (χ0n) is 25.5. The first kappa shape index (κ1) is 29.7. The van der Waals surface area contributed by atoms with E-state index < -0.39 is 0 Å². The molecule has 0 spiro atoms. The number of nitrogens with one attached hydrogen (secondary N) is 2. The number of benzene rings is 3. The highest BCUT2D eigenvalue weighted by molar-refractivity contribution is 5.96. The number of anilines is 1. The van der Waals surface area contributed by atoms with Crippen LogP contribution in [0.3, 0.4) is 0 Å². The van der Waals surface area contributed by atoms with Gasteiger partial charge < -0.3 is 15.0 Å². The fourth-order valence-electron chi connectivity index (χ4n) is 5.68. The van der Waals surface area contributed by atoms with Crippen LogP contribution in [0.15, 0.2) is 73.1 Å². The summed E-state index contributed by atoms with van der Waals surface area (Å²) in [6.07, 6.45) is 6.78. The lowest BCUT2D eigenvalue weighted by Crippen LogP contribution is -2.35. The summed E-state index contributed by atoms with van der Waals surface area (Å²) in [6.45, 7) is 6.07. The van der Waals surface area contributed by atoms with Gasteiger partial charge in [0.15, 0.2) is 5.82 Å². The van der Waals surface area contributed by atoms with Crippen molar-refractivity contribution in [3.8, 4) is 16.9 Å². The van der Waals surface area contributed by atoms with Crippen molar-refractivity contribution >= 4 is 17.5 Å². The highest BCUT2D eigenvalue weighted by atomic mass is 16.5. The number of H-pyrrole nitrogens is 1. The molecule has 1 aliphatic heterocycles. The number of tetrazole rings is 1. The van der Waals surface area contributed by atoms with Gasteiger partial charge in [0.05, 0.1) is 25.9 Å². The smallest absolute Gasteiger partial charge is 0.251 e. The van der Waals surface area contributed by atoms with E-state index in [1.807, 2.05) is 64.4 Å². The third-order valence-corrected chi connectivity index (χ3v) is 8.18. The second-order valence-electron chi connectivity index (χ2n) is 11.3. The van der Waals surface area contributed by atoms with Crippen LogP contribution in [-0.2, 0) is 24.3 Å². The lowest BCUT2D eigenvalue weighted by atomic mass is 9.93. The molecule has 0 saturated heterocycles. The van der Waals surface area contributed by atoms with Crippen LogP contribution in [0.25, 0.3) is 11.1 Å². The number of fused-ring (bicyclic) bond motifs is 1. The van der Waals surface area contributed by atoms with E-state index in [0.717, 1.165) is 46.5 Å². The quantitative estimate of drug-likeness (QED) is 0.207. The van der Waals surface area contributed by atoms with Gasteiger partial charge in [0.1, 0.15) is 5.75 Å². The van der Waals surface area contributed by atoms with Crippen molar-refractivity contribution < 1.29 is 14.3 Å². The molecule has 0 radical (unpaired) electrons. The largest absolute Gasteiger partial charge is 0.493 e. The van der Waals surface area contributed by atoms with Crippen molar-refractivity contribution in [1.82, 2.24) is 35.7 Å². The number of carbonyl (C=O) groups is 2. The Bertz CT molecular complexity index is 1800. The molecular formula is C34H36N8O3. The highest BCUT2D eigenvalue weighted by Crippen LogP contribution is 2.36. The third kappa shape index (κ3) is 6.93. The van der Waals surface area contributed by atoms with Crippen molar-refractivity contribution in [2.24, 2.45) is 0 Å². The Kier molecular flexibility index (Phi) is 8.95. The summed E-state index contributed by atoms with van der Waals surface area (Å²) in [6, 6.07) is 19.7. The van der Waals surface area contributed by atoms with Gasteiger partial charge in [-0.3, -0.25) is 14.3 Å². The predicted octanol–water partition coefficient (Wildman–Crippen LogP) is 4.80. The molecule has 5 aromatic rings. The van der Waals surface area contributed by atoms with E-state index in [1.54, 1.807) is 6.07 Å². The Labute approximate surface area is 261 Å². The van der Waals surface area contributed by atoms with E-state index in [2.05, 4.69) is 57.0 Å². The molecule has 3 aromatic carbocycles. The second kappa shape index (κ2) is 13.5. The molecule has 2 amide bonds. The minimum atomic E-state index is -0.210. The van der Waals surface area contributed by atoms with Crippen molar-refractivity contribution in [3.05, 3.63) is 107 Å². The summed E-state index contributed by atoms with van der Waals surface area (Å²) in [4.78, 5) is 27.9. The molecule has 3 heterocycles. The Hall–Kier alpha value is -5.32. The molecule has 6 rings (SSSR count). The van der Waals surface area contributed by atoms with E-state index in [0.29, 0.717) is 43.9 Å². The van der Waals surface area contributed by atoms with Crippen LogP contribution in [0.4, 0.5) is 5.69 Å². The van der Waals surface area contributed by atoms with Gasteiger partial charge in [0.2, 0.25) is 5.91 Å². The van der Waals surface area contributed by atoms with E-state index >= 15 is 0 Å². The zero-order valence-corrected chi connectivity index (χ0v) is 25.5. The summed E-state index contributed by atoms with van der Waals surface area (Å²) in [5.74, 6) is 1.27. The molecule has 0 atom stereocenters. The number of nitrogens with zero attached hydrogens (tertiary/aromatic N) is 6. The number of hydrogen-bond acceptors (Lipinski definition) is 7. The molecule has 45 heavy (non-hydrogen) atoms. The van der Waals surface area contributed by atoms with Crippen LogP contribution in [0.1, 0.15) is 57.7 Å². The van der Waals surface area contributed by atoms with Gasteiger partial charge in [-0.05, 0) is 95.6 Å². The number of aromatic nitrogens is 6. The number of aromatic amines is 1. The van der Waals surface area contributed by atoms with E-state index in [1.165, 1.54) is 11.1 Å². The molecule has 2 aromatic heterocycles. The maximum atomic E-state index is 13.3. The first-order valence-electron chi connectivity index (χ1n) is 15.2. The number of carbonyl (C=O) groups excluding carboxylic acids is 2. The Morgan fingerprint density at radius 1 is 1.07 bits per heavy atom. The first-order chi connectivity index (χ1) is 22.0. The number of hydrogen-bond donors (Lipinski definition) is 2. The molecule has 0 fully saturated rings. The molecular weight excluding hydrogens is 568 g/mol. The summed E-state index contributed by atoms with van der Waals surface area (Å²) < 4.78 is 7.85. The maximum absolute atomic E-state index is 13.3. The third-order valence-electron chi connectivity index (χ3n) is 8.18. The fraction of sp³-hybridized carbons (Fsp3) is 0.294. The number of rotatable bonds is 11. The van der Waals surface area contributed by atoms with Crippen LogP contribution >= 0.6 is 0 Å². The Morgan fingerprint density at radius 2 is 1.93 bits per heavy atom. The Balaban J connectivity index is 1.09. The average molecular weight is 605 g/mol. The molecule has 0 saturated carbocycles.